The van der Waals surface area contributed by atoms with Gasteiger partial charge in [-0.3, -0.25) is 14.4 Å². The number of hydrogen-bond donors (Lipinski definition) is 1. The Kier molecular flexibility index (Phi) is 14.3. The highest BCUT2D eigenvalue weighted by atomic mass is 16.7. The van der Waals surface area contributed by atoms with Crippen molar-refractivity contribution in [1.82, 2.24) is 0 Å². The first-order valence-corrected chi connectivity index (χ1v) is 12.8. The van der Waals surface area contributed by atoms with Crippen LogP contribution in [0.2, 0.25) is 0 Å². The Morgan fingerprint density at radius 2 is 1.51 bits per heavy atom. The molecule has 0 aromatic heterocycles. The molecule has 0 radical (unpaired) electrons. The standard InChI is InChI=1S/C27H41NO9/c1-6-8-10-23(29)36-21-13-12-20(16-22(21)37-24(30)11-9-7-2)17-27(28,25(31)33-5)14-15-34-26(32)35-18-19(3)4/h12-13,16,19H,6-11,14-15,17-18,28H2,1-5H3. The Labute approximate surface area is 219 Å². The van der Waals surface area contributed by atoms with Gasteiger partial charge >= 0.3 is 24.1 Å². The Morgan fingerprint density at radius 3 is 2.05 bits per heavy atom. The molecule has 0 aliphatic carbocycles. The molecule has 0 saturated heterocycles. The van der Waals surface area contributed by atoms with E-state index in [9.17, 15) is 19.2 Å². The van der Waals surface area contributed by atoms with E-state index in [4.69, 9.17) is 29.4 Å². The molecule has 2 N–H and O–H groups in total. The fraction of sp³-hybridized carbons (Fsp3) is 0.630. The Morgan fingerprint density at radius 1 is 0.919 bits per heavy atom. The first-order chi connectivity index (χ1) is 17.5. The molecule has 10 nitrogen and oxygen atoms in total. The first kappa shape index (κ1) is 31.9. The van der Waals surface area contributed by atoms with Gasteiger partial charge < -0.3 is 29.4 Å². The summed E-state index contributed by atoms with van der Waals surface area (Å²) in [6.45, 7) is 7.73. The van der Waals surface area contributed by atoms with E-state index >= 15 is 0 Å². The van der Waals surface area contributed by atoms with Crippen LogP contribution in [0.3, 0.4) is 0 Å². The number of ether oxygens (including phenoxy) is 5. The lowest BCUT2D eigenvalue weighted by Gasteiger charge is -2.26. The van der Waals surface area contributed by atoms with Gasteiger partial charge in [-0.15, -0.1) is 0 Å². The molecular weight excluding hydrogens is 482 g/mol. The van der Waals surface area contributed by atoms with Crippen LogP contribution in [-0.4, -0.2) is 49.9 Å². The molecule has 0 fully saturated rings. The van der Waals surface area contributed by atoms with E-state index in [1.165, 1.54) is 19.2 Å². The van der Waals surface area contributed by atoms with Crippen molar-refractivity contribution < 1.29 is 42.9 Å². The minimum Gasteiger partial charge on any atom is -0.468 e. The predicted octanol–water partition coefficient (Wildman–Crippen LogP) is 4.49. The van der Waals surface area contributed by atoms with Gasteiger partial charge in [0.15, 0.2) is 11.5 Å². The maximum Gasteiger partial charge on any atom is 0.508 e. The number of unbranched alkanes of at least 4 members (excludes halogenated alkanes) is 2. The fourth-order valence-electron chi connectivity index (χ4n) is 3.24. The summed E-state index contributed by atoms with van der Waals surface area (Å²) in [7, 11) is 1.21. The van der Waals surface area contributed by atoms with Crippen molar-refractivity contribution in [1.29, 1.82) is 0 Å². The monoisotopic (exact) mass is 523 g/mol. The number of nitrogens with two attached hydrogens (primary N) is 1. The van der Waals surface area contributed by atoms with Crippen LogP contribution in [0.4, 0.5) is 4.79 Å². The van der Waals surface area contributed by atoms with Gasteiger partial charge in [-0.25, -0.2) is 4.79 Å². The summed E-state index contributed by atoms with van der Waals surface area (Å²) in [6.07, 6.45) is 2.49. The SMILES string of the molecule is CCCCC(=O)Oc1ccc(CC(N)(CCOC(=O)OCC(C)C)C(=O)OC)cc1OC(=O)CCCC. The Hall–Kier alpha value is -3.14. The molecular formula is C27H41NO9. The second-order valence-electron chi connectivity index (χ2n) is 9.31. The summed E-state index contributed by atoms with van der Waals surface area (Å²) in [5.74, 6) is -1.30. The predicted molar refractivity (Wildman–Crippen MR) is 136 cm³/mol. The zero-order valence-electron chi connectivity index (χ0n) is 22.6. The van der Waals surface area contributed by atoms with Gasteiger partial charge in [0, 0.05) is 25.7 Å². The number of hydrogen-bond acceptors (Lipinski definition) is 10. The second kappa shape index (κ2) is 16.6. The van der Waals surface area contributed by atoms with Crippen LogP contribution in [0, 0.1) is 5.92 Å². The Balaban J connectivity index is 3.07. The van der Waals surface area contributed by atoms with Crippen molar-refractivity contribution in [3.63, 3.8) is 0 Å². The van der Waals surface area contributed by atoms with E-state index in [0.717, 1.165) is 12.8 Å². The van der Waals surface area contributed by atoms with Crippen molar-refractivity contribution in [3.05, 3.63) is 23.8 Å². The van der Waals surface area contributed by atoms with Crippen LogP contribution >= 0.6 is 0 Å². The van der Waals surface area contributed by atoms with Crippen LogP contribution in [0.5, 0.6) is 11.5 Å². The fourth-order valence-corrected chi connectivity index (χ4v) is 3.24. The molecule has 10 heteroatoms. The first-order valence-electron chi connectivity index (χ1n) is 12.8. The molecule has 208 valence electrons. The minimum atomic E-state index is -1.55. The lowest BCUT2D eigenvalue weighted by atomic mass is 9.88. The highest BCUT2D eigenvalue weighted by Gasteiger charge is 2.36. The third kappa shape index (κ3) is 12.1. The topological polar surface area (TPSA) is 140 Å². The molecule has 0 heterocycles. The van der Waals surface area contributed by atoms with Gasteiger partial charge in [-0.2, -0.15) is 0 Å². The van der Waals surface area contributed by atoms with Crippen molar-refractivity contribution in [2.24, 2.45) is 11.7 Å². The number of carbonyl (C=O) groups excluding carboxylic acids is 4. The lowest BCUT2D eigenvalue weighted by Crippen LogP contribution is -2.51. The van der Waals surface area contributed by atoms with Crippen molar-refractivity contribution in [2.75, 3.05) is 20.3 Å². The molecule has 0 aliphatic rings. The average Bonchev–Trinajstić information content (AvgIpc) is 2.85. The molecule has 1 unspecified atom stereocenters. The summed E-state index contributed by atoms with van der Waals surface area (Å²) in [5, 5.41) is 0. The smallest absolute Gasteiger partial charge is 0.468 e. The molecule has 0 saturated carbocycles. The average molecular weight is 524 g/mol. The van der Waals surface area contributed by atoms with Gasteiger partial charge in [0.05, 0.1) is 20.3 Å². The minimum absolute atomic E-state index is 0.0202. The van der Waals surface area contributed by atoms with Crippen LogP contribution in [0.25, 0.3) is 0 Å². The van der Waals surface area contributed by atoms with Crippen molar-refractivity contribution >= 4 is 24.1 Å². The zero-order chi connectivity index (χ0) is 27.8. The summed E-state index contributed by atoms with van der Waals surface area (Å²) >= 11 is 0. The third-order valence-corrected chi connectivity index (χ3v) is 5.34. The summed E-state index contributed by atoms with van der Waals surface area (Å²) in [5.41, 5.74) is 5.37. The number of carbonyl (C=O) groups is 4. The van der Waals surface area contributed by atoms with E-state index in [0.29, 0.717) is 18.4 Å². The van der Waals surface area contributed by atoms with Crippen LogP contribution in [0.1, 0.15) is 78.2 Å². The Bertz CT molecular complexity index is 900. The third-order valence-electron chi connectivity index (χ3n) is 5.34. The molecule has 0 amide bonds. The van der Waals surface area contributed by atoms with Gasteiger partial charge in [0.25, 0.3) is 0 Å². The maximum absolute atomic E-state index is 12.5. The largest absolute Gasteiger partial charge is 0.508 e. The van der Waals surface area contributed by atoms with Crippen LogP contribution < -0.4 is 15.2 Å². The molecule has 1 atom stereocenters. The van der Waals surface area contributed by atoms with E-state index in [-0.39, 0.29) is 56.3 Å². The quantitative estimate of drug-likeness (QED) is 0.243. The normalized spacial score (nSPS) is 12.4. The summed E-state index contributed by atoms with van der Waals surface area (Å²) < 4.78 is 25.8. The van der Waals surface area contributed by atoms with Crippen molar-refractivity contribution in [3.8, 4) is 11.5 Å². The van der Waals surface area contributed by atoms with Crippen LogP contribution in [-0.2, 0) is 35.0 Å². The highest BCUT2D eigenvalue weighted by Crippen LogP contribution is 2.31. The molecule has 0 bridgehead atoms. The summed E-state index contributed by atoms with van der Waals surface area (Å²) in [6, 6.07) is 4.63. The summed E-state index contributed by atoms with van der Waals surface area (Å²) in [4.78, 5) is 48.8. The van der Waals surface area contributed by atoms with E-state index in [2.05, 4.69) is 0 Å². The lowest BCUT2D eigenvalue weighted by molar-refractivity contribution is -0.147. The molecule has 1 aromatic carbocycles. The zero-order valence-corrected chi connectivity index (χ0v) is 22.6. The van der Waals surface area contributed by atoms with Gasteiger partial charge in [-0.1, -0.05) is 46.6 Å². The van der Waals surface area contributed by atoms with E-state index < -0.39 is 29.6 Å². The number of esters is 3. The molecule has 0 aliphatic heterocycles. The van der Waals surface area contributed by atoms with Crippen LogP contribution in [0.15, 0.2) is 18.2 Å². The maximum atomic E-state index is 12.5. The van der Waals surface area contributed by atoms with Gasteiger partial charge in [-0.05, 0) is 36.5 Å². The molecule has 0 spiro atoms. The van der Waals surface area contributed by atoms with Gasteiger partial charge in [0.1, 0.15) is 5.54 Å². The molecule has 1 rings (SSSR count). The number of methoxy groups -OCH3 is 1. The molecule has 37 heavy (non-hydrogen) atoms. The van der Waals surface area contributed by atoms with E-state index in [1.807, 2.05) is 27.7 Å². The van der Waals surface area contributed by atoms with Crippen molar-refractivity contribution in [2.45, 2.75) is 84.6 Å². The second-order valence-corrected chi connectivity index (χ2v) is 9.31. The molecule has 1 aromatic rings. The van der Waals surface area contributed by atoms with Gasteiger partial charge in [0.2, 0.25) is 0 Å². The highest BCUT2D eigenvalue weighted by molar-refractivity contribution is 5.81. The van der Waals surface area contributed by atoms with E-state index in [1.54, 1.807) is 6.07 Å². The number of rotatable bonds is 16. The number of benzene rings is 1.